The minimum absolute atomic E-state index is 0.153. The minimum Gasteiger partial charge on any atom is -0.398 e. The molecule has 1 aromatic carbocycles. The molecule has 0 atom stereocenters. The fourth-order valence-electron chi connectivity index (χ4n) is 1.35. The first-order valence-corrected chi connectivity index (χ1v) is 6.34. The molecule has 18 heavy (non-hydrogen) atoms. The third kappa shape index (κ3) is 3.27. The molecule has 0 saturated heterocycles. The molecule has 0 bridgehead atoms. The van der Waals surface area contributed by atoms with Gasteiger partial charge < -0.3 is 10.3 Å². The largest absolute Gasteiger partial charge is 0.398 e. The highest BCUT2D eigenvalue weighted by Crippen LogP contribution is 2.24. The van der Waals surface area contributed by atoms with Crippen molar-refractivity contribution in [3.63, 3.8) is 0 Å². The second kappa shape index (κ2) is 5.59. The van der Waals surface area contributed by atoms with Crippen LogP contribution in [0.4, 0.5) is 11.6 Å². The molecule has 0 fully saturated rings. The second-order valence-corrected chi connectivity index (χ2v) is 4.72. The molecule has 0 aliphatic heterocycles. The van der Waals surface area contributed by atoms with Crippen molar-refractivity contribution in [3.05, 3.63) is 36.0 Å². The Morgan fingerprint density at radius 1 is 1.50 bits per heavy atom. The summed E-state index contributed by atoms with van der Waals surface area (Å²) in [4.78, 5) is 12.5. The summed E-state index contributed by atoms with van der Waals surface area (Å²) >= 11 is 1.38. The predicted octanol–water partition coefficient (Wildman–Crippen LogP) is 2.30. The molecule has 0 spiro atoms. The third-order valence-corrected chi connectivity index (χ3v) is 3.26. The number of para-hydroxylation sites is 1. The SMILES string of the molecule is Cc1cc(NC(=O)CSc2ccccc2N)on1. The molecule has 0 aliphatic carbocycles. The number of nitrogens with zero attached hydrogens (tertiary/aromatic N) is 1. The number of hydrogen-bond acceptors (Lipinski definition) is 5. The van der Waals surface area contributed by atoms with Crippen LogP contribution in [0.15, 0.2) is 39.8 Å². The Kier molecular flexibility index (Phi) is 3.88. The van der Waals surface area contributed by atoms with E-state index in [0.29, 0.717) is 11.6 Å². The summed E-state index contributed by atoms with van der Waals surface area (Å²) in [7, 11) is 0. The summed E-state index contributed by atoms with van der Waals surface area (Å²) in [5.41, 5.74) is 7.18. The molecular formula is C12H13N3O2S. The molecular weight excluding hydrogens is 250 g/mol. The number of anilines is 2. The molecule has 1 amide bonds. The van der Waals surface area contributed by atoms with Crippen molar-refractivity contribution in [2.45, 2.75) is 11.8 Å². The standard InChI is InChI=1S/C12H13N3O2S/c1-8-6-12(17-15-8)14-11(16)7-18-10-5-3-2-4-9(10)13/h2-6H,7,13H2,1H3,(H,14,16). The van der Waals surface area contributed by atoms with E-state index < -0.39 is 0 Å². The Morgan fingerprint density at radius 3 is 2.94 bits per heavy atom. The van der Waals surface area contributed by atoms with E-state index in [1.54, 1.807) is 19.1 Å². The quantitative estimate of drug-likeness (QED) is 0.653. The zero-order valence-corrected chi connectivity index (χ0v) is 10.7. The van der Waals surface area contributed by atoms with E-state index in [2.05, 4.69) is 10.5 Å². The number of benzene rings is 1. The Morgan fingerprint density at radius 2 is 2.28 bits per heavy atom. The third-order valence-electron chi connectivity index (χ3n) is 2.17. The van der Waals surface area contributed by atoms with Crippen molar-refractivity contribution < 1.29 is 9.32 Å². The molecule has 0 saturated carbocycles. The molecule has 0 aliphatic rings. The van der Waals surface area contributed by atoms with Crippen molar-refractivity contribution >= 4 is 29.2 Å². The van der Waals surface area contributed by atoms with Crippen LogP contribution in [-0.4, -0.2) is 16.8 Å². The lowest BCUT2D eigenvalue weighted by molar-refractivity contribution is -0.113. The van der Waals surface area contributed by atoms with Gasteiger partial charge in [-0.2, -0.15) is 0 Å². The number of nitrogens with one attached hydrogen (secondary N) is 1. The number of thioether (sulfide) groups is 1. The molecule has 5 nitrogen and oxygen atoms in total. The van der Waals surface area contributed by atoms with Crippen molar-refractivity contribution in [2.24, 2.45) is 0 Å². The summed E-state index contributed by atoms with van der Waals surface area (Å²) in [6.07, 6.45) is 0. The fourth-order valence-corrected chi connectivity index (χ4v) is 2.12. The molecule has 1 aromatic heterocycles. The van der Waals surface area contributed by atoms with Crippen LogP contribution in [-0.2, 0) is 4.79 Å². The molecule has 6 heteroatoms. The van der Waals surface area contributed by atoms with Crippen LogP contribution in [0.3, 0.4) is 0 Å². The van der Waals surface area contributed by atoms with Gasteiger partial charge in [0, 0.05) is 16.6 Å². The van der Waals surface area contributed by atoms with Crippen LogP contribution in [0.1, 0.15) is 5.69 Å². The molecule has 1 heterocycles. The zero-order chi connectivity index (χ0) is 13.0. The Labute approximate surface area is 109 Å². The maximum absolute atomic E-state index is 11.6. The van der Waals surface area contributed by atoms with Gasteiger partial charge in [0.2, 0.25) is 11.8 Å². The lowest BCUT2D eigenvalue weighted by Crippen LogP contribution is -2.13. The maximum atomic E-state index is 11.6. The van der Waals surface area contributed by atoms with Crippen molar-refractivity contribution in [1.82, 2.24) is 5.16 Å². The van der Waals surface area contributed by atoms with Crippen molar-refractivity contribution in [1.29, 1.82) is 0 Å². The van der Waals surface area contributed by atoms with Gasteiger partial charge in [-0.25, -0.2) is 0 Å². The summed E-state index contributed by atoms with van der Waals surface area (Å²) in [6.45, 7) is 1.79. The van der Waals surface area contributed by atoms with Gasteiger partial charge in [-0.05, 0) is 19.1 Å². The summed E-state index contributed by atoms with van der Waals surface area (Å²) in [5.74, 6) is 0.479. The number of amides is 1. The second-order valence-electron chi connectivity index (χ2n) is 3.71. The Balaban J connectivity index is 1.87. The van der Waals surface area contributed by atoms with Crippen LogP contribution in [0.2, 0.25) is 0 Å². The van der Waals surface area contributed by atoms with Gasteiger partial charge in [-0.3, -0.25) is 10.1 Å². The number of aryl methyl sites for hydroxylation is 1. The van der Waals surface area contributed by atoms with E-state index in [0.717, 1.165) is 10.6 Å². The number of carbonyl (C=O) groups excluding carboxylic acids is 1. The highest BCUT2D eigenvalue weighted by atomic mass is 32.2. The molecule has 2 rings (SSSR count). The highest BCUT2D eigenvalue weighted by molar-refractivity contribution is 8.00. The molecule has 94 valence electrons. The lowest BCUT2D eigenvalue weighted by Gasteiger charge is -2.04. The van der Waals surface area contributed by atoms with E-state index >= 15 is 0 Å². The van der Waals surface area contributed by atoms with E-state index in [4.69, 9.17) is 10.3 Å². The van der Waals surface area contributed by atoms with E-state index in [1.807, 2.05) is 18.2 Å². The summed E-state index contributed by atoms with van der Waals surface area (Å²) < 4.78 is 4.89. The van der Waals surface area contributed by atoms with Gasteiger partial charge in [-0.1, -0.05) is 17.3 Å². The summed E-state index contributed by atoms with van der Waals surface area (Å²) in [5, 5.41) is 6.31. The highest BCUT2D eigenvalue weighted by Gasteiger charge is 2.08. The molecule has 0 radical (unpaired) electrons. The average Bonchev–Trinajstić information content (AvgIpc) is 2.74. The van der Waals surface area contributed by atoms with Crippen LogP contribution in [0.5, 0.6) is 0 Å². The number of hydrogen-bond donors (Lipinski definition) is 2. The van der Waals surface area contributed by atoms with Gasteiger partial charge in [0.25, 0.3) is 0 Å². The zero-order valence-electron chi connectivity index (χ0n) is 9.84. The first-order chi connectivity index (χ1) is 8.65. The first-order valence-electron chi connectivity index (χ1n) is 5.35. The Bertz CT molecular complexity index is 554. The molecule has 2 aromatic rings. The van der Waals surface area contributed by atoms with Crippen LogP contribution >= 0.6 is 11.8 Å². The van der Waals surface area contributed by atoms with Gasteiger partial charge >= 0.3 is 0 Å². The van der Waals surface area contributed by atoms with E-state index in [-0.39, 0.29) is 11.7 Å². The monoisotopic (exact) mass is 263 g/mol. The minimum atomic E-state index is -0.153. The molecule has 0 unspecified atom stereocenters. The van der Waals surface area contributed by atoms with Gasteiger partial charge in [0.15, 0.2) is 0 Å². The van der Waals surface area contributed by atoms with Crippen molar-refractivity contribution in [2.75, 3.05) is 16.8 Å². The lowest BCUT2D eigenvalue weighted by atomic mass is 10.3. The van der Waals surface area contributed by atoms with Crippen LogP contribution < -0.4 is 11.1 Å². The number of carbonyl (C=O) groups is 1. The Hall–Kier alpha value is -1.95. The molecule has 3 N–H and O–H groups in total. The number of nitrogen functional groups attached to an aromatic ring is 1. The van der Waals surface area contributed by atoms with E-state index in [1.165, 1.54) is 11.8 Å². The fraction of sp³-hybridized carbons (Fsp3) is 0.167. The van der Waals surface area contributed by atoms with E-state index in [9.17, 15) is 4.79 Å². The topological polar surface area (TPSA) is 81.2 Å². The number of aromatic nitrogens is 1. The maximum Gasteiger partial charge on any atom is 0.237 e. The summed E-state index contributed by atoms with van der Waals surface area (Å²) in [6, 6.07) is 9.10. The number of rotatable bonds is 4. The first kappa shape index (κ1) is 12.5. The van der Waals surface area contributed by atoms with Crippen LogP contribution in [0.25, 0.3) is 0 Å². The average molecular weight is 263 g/mol. The van der Waals surface area contributed by atoms with Crippen LogP contribution in [0, 0.1) is 6.92 Å². The normalized spacial score (nSPS) is 10.3. The smallest absolute Gasteiger partial charge is 0.237 e. The predicted molar refractivity (Wildman–Crippen MR) is 71.4 cm³/mol. The van der Waals surface area contributed by atoms with Gasteiger partial charge in [0.05, 0.1) is 11.4 Å². The van der Waals surface area contributed by atoms with Crippen molar-refractivity contribution in [3.8, 4) is 0 Å². The van der Waals surface area contributed by atoms with Gasteiger partial charge in [-0.15, -0.1) is 11.8 Å². The van der Waals surface area contributed by atoms with Gasteiger partial charge in [0.1, 0.15) is 0 Å². The number of nitrogens with two attached hydrogens (primary N) is 1.